The van der Waals surface area contributed by atoms with Crippen molar-refractivity contribution in [1.29, 1.82) is 0 Å². The summed E-state index contributed by atoms with van der Waals surface area (Å²) in [6.45, 7) is 2.23. The summed E-state index contributed by atoms with van der Waals surface area (Å²) in [6.07, 6.45) is 8.07. The predicted octanol–water partition coefficient (Wildman–Crippen LogP) is 0.540. The van der Waals surface area contributed by atoms with Crippen molar-refractivity contribution < 1.29 is 13.2 Å². The van der Waals surface area contributed by atoms with Crippen LogP contribution in [-0.2, 0) is 10.0 Å². The van der Waals surface area contributed by atoms with Crippen molar-refractivity contribution in [2.75, 3.05) is 29.9 Å². The second kappa shape index (κ2) is 7.76. The minimum Gasteiger partial charge on any atom is -0.382 e. The van der Waals surface area contributed by atoms with E-state index in [1.165, 1.54) is 29.1 Å². The Morgan fingerprint density at radius 3 is 2.74 bits per heavy atom. The lowest BCUT2D eigenvalue weighted by atomic mass is 10.1. The van der Waals surface area contributed by atoms with Gasteiger partial charge in [-0.25, -0.2) is 23.4 Å². The molecule has 1 aliphatic rings. The Hall–Kier alpha value is -2.92. The lowest BCUT2D eigenvalue weighted by Crippen LogP contribution is -2.35. The smallest absolute Gasteiger partial charge is 0.279 e. The Morgan fingerprint density at radius 1 is 1.30 bits per heavy atom. The Balaban J connectivity index is 1.81. The predicted molar refractivity (Wildman–Crippen MR) is 100 cm³/mol. The summed E-state index contributed by atoms with van der Waals surface area (Å²) in [6, 6.07) is 0. The molecule has 142 valence electrons. The van der Waals surface area contributed by atoms with Crippen molar-refractivity contribution in [3.63, 3.8) is 0 Å². The van der Waals surface area contributed by atoms with Crippen molar-refractivity contribution in [2.24, 2.45) is 0 Å². The summed E-state index contributed by atoms with van der Waals surface area (Å²) in [5, 5.41) is 2.56. The number of carbonyl (C=O) groups is 1. The Morgan fingerprint density at radius 2 is 2.11 bits per heavy atom. The van der Waals surface area contributed by atoms with Crippen LogP contribution in [0.2, 0.25) is 0 Å². The molecule has 0 atom stereocenters. The number of anilines is 2. The number of nitrogens with one attached hydrogen (secondary N) is 1. The maximum absolute atomic E-state index is 12.4. The Bertz CT molecular complexity index is 977. The van der Waals surface area contributed by atoms with E-state index in [0.717, 1.165) is 5.57 Å². The van der Waals surface area contributed by atoms with Crippen LogP contribution in [0, 0.1) is 0 Å². The van der Waals surface area contributed by atoms with Crippen LogP contribution >= 0.6 is 0 Å². The number of sulfonamides is 1. The van der Waals surface area contributed by atoms with Gasteiger partial charge in [0, 0.05) is 25.5 Å². The van der Waals surface area contributed by atoms with Gasteiger partial charge >= 0.3 is 0 Å². The molecule has 0 unspecified atom stereocenters. The maximum atomic E-state index is 12.4. The molecule has 3 rings (SSSR count). The van der Waals surface area contributed by atoms with E-state index in [4.69, 9.17) is 5.73 Å². The highest BCUT2D eigenvalue weighted by atomic mass is 32.2. The first kappa shape index (κ1) is 18.9. The van der Waals surface area contributed by atoms with Crippen molar-refractivity contribution in [3.8, 4) is 0 Å². The summed E-state index contributed by atoms with van der Waals surface area (Å²) in [4.78, 5) is 28.6. The molecular weight excluding hydrogens is 370 g/mol. The first-order valence-electron chi connectivity index (χ1n) is 8.28. The van der Waals surface area contributed by atoms with Crippen molar-refractivity contribution in [2.45, 2.75) is 13.3 Å². The van der Waals surface area contributed by atoms with Crippen LogP contribution in [-0.4, -0.2) is 57.4 Å². The maximum Gasteiger partial charge on any atom is 0.279 e. The summed E-state index contributed by atoms with van der Waals surface area (Å²) < 4.78 is 25.3. The van der Waals surface area contributed by atoms with E-state index in [2.05, 4.69) is 25.3 Å². The molecule has 1 amide bonds. The quantitative estimate of drug-likeness (QED) is 0.754. The van der Waals surface area contributed by atoms with Gasteiger partial charge in [0.25, 0.3) is 5.91 Å². The van der Waals surface area contributed by atoms with Gasteiger partial charge in [-0.2, -0.15) is 4.31 Å². The number of rotatable bonds is 5. The van der Waals surface area contributed by atoms with E-state index in [1.54, 1.807) is 13.0 Å². The summed E-state index contributed by atoms with van der Waals surface area (Å²) in [5.74, 6) is -0.225. The molecule has 3 N–H and O–H groups in total. The molecule has 27 heavy (non-hydrogen) atoms. The molecule has 0 radical (unpaired) electrons. The largest absolute Gasteiger partial charge is 0.382 e. The first-order chi connectivity index (χ1) is 12.9. The zero-order valence-corrected chi connectivity index (χ0v) is 15.5. The molecule has 10 nitrogen and oxygen atoms in total. The second-order valence-electron chi connectivity index (χ2n) is 5.77. The van der Waals surface area contributed by atoms with E-state index >= 15 is 0 Å². The zero-order valence-electron chi connectivity index (χ0n) is 14.7. The molecule has 0 bridgehead atoms. The molecule has 0 spiro atoms. The summed E-state index contributed by atoms with van der Waals surface area (Å²) >= 11 is 0. The highest BCUT2D eigenvalue weighted by Crippen LogP contribution is 2.23. The van der Waals surface area contributed by atoms with E-state index < -0.39 is 15.9 Å². The first-order valence-corrected chi connectivity index (χ1v) is 9.88. The fraction of sp³-hybridized carbons (Fsp3) is 0.312. The Labute approximate surface area is 156 Å². The summed E-state index contributed by atoms with van der Waals surface area (Å²) in [7, 11) is -3.23. The van der Waals surface area contributed by atoms with E-state index in [-0.39, 0.29) is 29.6 Å². The second-order valence-corrected chi connectivity index (χ2v) is 8.03. The number of carbonyl (C=O) groups excluding carboxylic acids is 1. The number of amides is 1. The fourth-order valence-corrected chi connectivity index (χ4v) is 3.61. The molecule has 0 saturated carbocycles. The highest BCUT2D eigenvalue weighted by Gasteiger charge is 2.24. The lowest BCUT2D eigenvalue weighted by Gasteiger charge is -2.25. The average molecular weight is 389 g/mol. The average Bonchev–Trinajstić information content (AvgIpc) is 2.69. The van der Waals surface area contributed by atoms with Gasteiger partial charge in [-0.1, -0.05) is 6.08 Å². The van der Waals surface area contributed by atoms with Crippen LogP contribution in [0.15, 0.2) is 30.9 Å². The normalized spacial score (nSPS) is 15.2. The number of nitrogen functional groups attached to an aromatic ring is 1. The van der Waals surface area contributed by atoms with Gasteiger partial charge in [0.05, 0.1) is 23.8 Å². The van der Waals surface area contributed by atoms with Crippen LogP contribution in [0.4, 0.5) is 11.6 Å². The number of nitrogens with two attached hydrogens (primary N) is 1. The third-order valence-electron chi connectivity index (χ3n) is 4.08. The summed E-state index contributed by atoms with van der Waals surface area (Å²) in [5.41, 5.74) is 7.07. The number of hydrogen-bond acceptors (Lipinski definition) is 8. The molecule has 2 aromatic heterocycles. The van der Waals surface area contributed by atoms with Gasteiger partial charge in [-0.15, -0.1) is 0 Å². The third kappa shape index (κ3) is 4.26. The number of aromatic nitrogens is 4. The van der Waals surface area contributed by atoms with E-state index in [9.17, 15) is 13.2 Å². The van der Waals surface area contributed by atoms with E-state index in [0.29, 0.717) is 18.7 Å². The molecule has 11 heteroatoms. The van der Waals surface area contributed by atoms with Gasteiger partial charge in [0.15, 0.2) is 17.3 Å². The number of hydrogen-bond donors (Lipinski definition) is 2. The van der Waals surface area contributed by atoms with Gasteiger partial charge < -0.3 is 11.1 Å². The molecule has 0 aromatic carbocycles. The molecule has 2 aromatic rings. The topological polar surface area (TPSA) is 144 Å². The molecular formula is C16H19N7O3S. The van der Waals surface area contributed by atoms with Crippen LogP contribution in [0.5, 0.6) is 0 Å². The molecule has 0 saturated heterocycles. The van der Waals surface area contributed by atoms with Crippen molar-refractivity contribution >= 4 is 33.1 Å². The SMILES string of the molecule is CCS(=O)(=O)N1CC=C(c2cnc(N)c(C(=O)Nc3cnccn3)n2)CC1. The van der Waals surface area contributed by atoms with Crippen LogP contribution in [0.1, 0.15) is 29.5 Å². The standard InChI is InChI=1S/C16H19N7O3S/c1-2-27(25,26)23-7-3-11(4-8-23)12-9-20-15(17)14(21-12)16(24)22-13-10-18-5-6-19-13/h3,5-6,9-10H,2,4,7-8H2,1H3,(H2,17,20)(H,19,22,24). The molecule has 1 aliphatic heterocycles. The fourth-order valence-electron chi connectivity index (χ4n) is 2.58. The van der Waals surface area contributed by atoms with Crippen molar-refractivity contribution in [1.82, 2.24) is 24.2 Å². The van der Waals surface area contributed by atoms with Crippen LogP contribution in [0.25, 0.3) is 5.57 Å². The van der Waals surface area contributed by atoms with Gasteiger partial charge in [-0.3, -0.25) is 9.78 Å². The van der Waals surface area contributed by atoms with Crippen LogP contribution in [0.3, 0.4) is 0 Å². The minimum atomic E-state index is -3.23. The molecule has 0 aliphatic carbocycles. The van der Waals surface area contributed by atoms with Crippen molar-refractivity contribution in [3.05, 3.63) is 42.3 Å². The van der Waals surface area contributed by atoms with Gasteiger partial charge in [-0.05, 0) is 18.9 Å². The minimum absolute atomic E-state index is 0.00765. The zero-order chi connectivity index (χ0) is 19.4. The third-order valence-corrected chi connectivity index (χ3v) is 5.93. The number of nitrogens with zero attached hydrogens (tertiary/aromatic N) is 5. The van der Waals surface area contributed by atoms with Crippen LogP contribution < -0.4 is 11.1 Å². The Kier molecular flexibility index (Phi) is 5.42. The van der Waals surface area contributed by atoms with Gasteiger partial charge in [0.1, 0.15) is 0 Å². The highest BCUT2D eigenvalue weighted by molar-refractivity contribution is 7.89. The molecule has 3 heterocycles. The monoisotopic (exact) mass is 389 g/mol. The van der Waals surface area contributed by atoms with E-state index in [1.807, 2.05) is 0 Å². The molecule has 0 fully saturated rings. The van der Waals surface area contributed by atoms with Gasteiger partial charge in [0.2, 0.25) is 10.0 Å². The lowest BCUT2D eigenvalue weighted by molar-refractivity contribution is 0.102.